The minimum Gasteiger partial charge on any atom is -0.351 e. The van der Waals surface area contributed by atoms with E-state index in [0.29, 0.717) is 16.7 Å². The third-order valence-electron chi connectivity index (χ3n) is 3.55. The molecule has 16 heavy (non-hydrogen) atoms. The second-order valence-electron chi connectivity index (χ2n) is 4.60. The molecule has 3 nitrogen and oxygen atoms in total. The molecule has 2 atom stereocenters. The van der Waals surface area contributed by atoms with E-state index in [0.717, 1.165) is 18.9 Å². The summed E-state index contributed by atoms with van der Waals surface area (Å²) in [5.74, 6) is 0.528. The summed E-state index contributed by atoms with van der Waals surface area (Å²) in [4.78, 5) is 8.94. The van der Waals surface area contributed by atoms with Gasteiger partial charge >= 0.3 is 0 Å². The van der Waals surface area contributed by atoms with Crippen LogP contribution in [0.3, 0.4) is 0 Å². The van der Waals surface area contributed by atoms with Gasteiger partial charge in [0, 0.05) is 37.3 Å². The summed E-state index contributed by atoms with van der Waals surface area (Å²) >= 11 is 3.24. The monoisotopic (exact) mass is 285 g/mol. The van der Waals surface area contributed by atoms with Crippen molar-refractivity contribution in [3.8, 4) is 0 Å². The second kappa shape index (κ2) is 3.67. The van der Waals surface area contributed by atoms with Crippen LogP contribution in [0.5, 0.6) is 0 Å². The highest BCUT2D eigenvalue weighted by Gasteiger charge is 2.42. The minimum absolute atomic E-state index is 0.229. The summed E-state index contributed by atoms with van der Waals surface area (Å²) in [6.45, 7) is 2.02. The molecule has 3 heterocycles. The predicted molar refractivity (Wildman–Crippen MR) is 64.1 cm³/mol. The first-order valence-electron chi connectivity index (χ1n) is 5.43. The van der Waals surface area contributed by atoms with Gasteiger partial charge in [-0.15, -0.1) is 0 Å². The van der Waals surface area contributed by atoms with Crippen molar-refractivity contribution < 1.29 is 4.39 Å². The molecule has 0 N–H and O–H groups in total. The van der Waals surface area contributed by atoms with Gasteiger partial charge in [0.1, 0.15) is 16.2 Å². The average molecular weight is 286 g/mol. The smallest absolute Gasteiger partial charge is 0.133 e. The van der Waals surface area contributed by atoms with Crippen molar-refractivity contribution in [1.82, 2.24) is 9.88 Å². The number of halogens is 2. The van der Waals surface area contributed by atoms with Gasteiger partial charge in [-0.3, -0.25) is 4.90 Å². The van der Waals surface area contributed by atoms with Crippen LogP contribution in [0.15, 0.2) is 16.7 Å². The first-order valence-corrected chi connectivity index (χ1v) is 6.23. The average Bonchev–Trinajstić information content (AvgIpc) is 2.74. The highest BCUT2D eigenvalue weighted by atomic mass is 79.9. The molecule has 5 heteroatoms. The lowest BCUT2D eigenvalue weighted by Gasteiger charge is -2.32. The summed E-state index contributed by atoms with van der Waals surface area (Å²) in [6.07, 6.45) is 1.17. The SMILES string of the molecule is CN1C[C@@H]2C[C@H]1CN2c1cc(F)cc(Br)n1. The van der Waals surface area contributed by atoms with E-state index in [1.165, 1.54) is 18.6 Å². The molecule has 0 aromatic carbocycles. The van der Waals surface area contributed by atoms with Crippen LogP contribution in [0.25, 0.3) is 0 Å². The summed E-state index contributed by atoms with van der Waals surface area (Å²) in [5.41, 5.74) is 0. The van der Waals surface area contributed by atoms with Gasteiger partial charge < -0.3 is 4.90 Å². The van der Waals surface area contributed by atoms with Gasteiger partial charge in [-0.2, -0.15) is 0 Å². The third kappa shape index (κ3) is 1.62. The largest absolute Gasteiger partial charge is 0.351 e. The van der Waals surface area contributed by atoms with Crippen molar-refractivity contribution in [1.29, 1.82) is 0 Å². The molecule has 1 aromatic heterocycles. The summed E-state index contributed by atoms with van der Waals surface area (Å²) in [7, 11) is 2.15. The molecule has 2 fully saturated rings. The van der Waals surface area contributed by atoms with E-state index in [-0.39, 0.29) is 5.82 Å². The number of piperazine rings is 1. The molecular weight excluding hydrogens is 273 g/mol. The Hall–Kier alpha value is -0.680. The number of hydrogen-bond acceptors (Lipinski definition) is 3. The van der Waals surface area contributed by atoms with Crippen LogP contribution in [0, 0.1) is 5.82 Å². The maximum Gasteiger partial charge on any atom is 0.133 e. The molecular formula is C11H13BrFN3. The van der Waals surface area contributed by atoms with Gasteiger partial charge in [-0.05, 0) is 29.4 Å². The van der Waals surface area contributed by atoms with Crippen LogP contribution >= 0.6 is 15.9 Å². The fourth-order valence-corrected chi connectivity index (χ4v) is 3.15. The van der Waals surface area contributed by atoms with Crippen LogP contribution < -0.4 is 4.90 Å². The van der Waals surface area contributed by atoms with Crippen LogP contribution in [0.4, 0.5) is 10.2 Å². The zero-order valence-corrected chi connectivity index (χ0v) is 10.6. The molecule has 0 aliphatic carbocycles. The number of aromatic nitrogens is 1. The molecule has 0 radical (unpaired) electrons. The molecule has 1 aromatic rings. The molecule has 86 valence electrons. The lowest BCUT2D eigenvalue weighted by Crippen LogP contribution is -2.44. The first kappa shape index (κ1) is 10.5. The summed E-state index contributed by atoms with van der Waals surface area (Å²) < 4.78 is 13.9. The summed E-state index contributed by atoms with van der Waals surface area (Å²) in [5, 5.41) is 0. The predicted octanol–water partition coefficient (Wildman–Crippen LogP) is 1.88. The Labute approximate surface area is 102 Å². The van der Waals surface area contributed by atoms with Crippen molar-refractivity contribution in [2.45, 2.75) is 18.5 Å². The summed E-state index contributed by atoms with van der Waals surface area (Å²) in [6, 6.07) is 4.01. The quantitative estimate of drug-likeness (QED) is 0.735. The van der Waals surface area contributed by atoms with Gasteiger partial charge in [0.25, 0.3) is 0 Å². The molecule has 2 bridgehead atoms. The Morgan fingerprint density at radius 1 is 1.38 bits per heavy atom. The van der Waals surface area contributed by atoms with E-state index in [9.17, 15) is 4.39 Å². The number of likely N-dealkylation sites (tertiary alicyclic amines) is 1. The van der Waals surface area contributed by atoms with E-state index in [1.54, 1.807) is 0 Å². The Morgan fingerprint density at radius 3 is 2.75 bits per heavy atom. The third-order valence-corrected chi connectivity index (χ3v) is 3.96. The normalized spacial score (nSPS) is 29.1. The second-order valence-corrected chi connectivity index (χ2v) is 5.41. The van der Waals surface area contributed by atoms with Crippen molar-refractivity contribution in [3.05, 3.63) is 22.6 Å². The zero-order chi connectivity index (χ0) is 11.3. The Bertz CT molecular complexity index is 403. The lowest BCUT2D eigenvalue weighted by molar-refractivity contribution is 0.292. The molecule has 0 amide bonds. The van der Waals surface area contributed by atoms with Crippen molar-refractivity contribution in [2.24, 2.45) is 0 Å². The first-order chi connectivity index (χ1) is 7.63. The van der Waals surface area contributed by atoms with Gasteiger partial charge in [0.2, 0.25) is 0 Å². The van der Waals surface area contributed by atoms with Crippen molar-refractivity contribution >= 4 is 21.7 Å². The molecule has 2 aliphatic heterocycles. The Kier molecular flexibility index (Phi) is 2.40. The number of hydrogen-bond donors (Lipinski definition) is 0. The van der Waals surface area contributed by atoms with Crippen molar-refractivity contribution in [3.63, 3.8) is 0 Å². The standard InChI is InChI=1S/C11H13BrFN3/c1-15-5-9-4-8(15)6-16(9)11-3-7(13)2-10(12)14-11/h2-3,8-9H,4-6H2,1H3/t8-,9-/m0/s1. The van der Waals surface area contributed by atoms with E-state index in [4.69, 9.17) is 0 Å². The van der Waals surface area contributed by atoms with Crippen LogP contribution in [0.2, 0.25) is 0 Å². The molecule has 0 spiro atoms. The van der Waals surface area contributed by atoms with Gasteiger partial charge in [-0.25, -0.2) is 9.37 Å². The van der Waals surface area contributed by atoms with Crippen LogP contribution in [0.1, 0.15) is 6.42 Å². The fourth-order valence-electron chi connectivity index (χ4n) is 2.75. The Balaban J connectivity index is 1.89. The fraction of sp³-hybridized carbons (Fsp3) is 0.545. The molecule has 0 unspecified atom stereocenters. The maximum atomic E-state index is 13.3. The zero-order valence-electron chi connectivity index (χ0n) is 9.03. The number of nitrogens with zero attached hydrogens (tertiary/aromatic N) is 3. The Morgan fingerprint density at radius 2 is 2.19 bits per heavy atom. The van der Waals surface area contributed by atoms with Gasteiger partial charge in [-0.1, -0.05) is 0 Å². The van der Waals surface area contributed by atoms with Gasteiger partial charge in [0.05, 0.1) is 0 Å². The highest BCUT2D eigenvalue weighted by Crippen LogP contribution is 2.33. The van der Waals surface area contributed by atoms with E-state index < -0.39 is 0 Å². The molecule has 2 saturated heterocycles. The number of fused-ring (bicyclic) bond motifs is 2. The van der Waals surface area contributed by atoms with Crippen LogP contribution in [-0.2, 0) is 0 Å². The van der Waals surface area contributed by atoms with Crippen LogP contribution in [-0.4, -0.2) is 42.1 Å². The number of pyridine rings is 1. The van der Waals surface area contributed by atoms with E-state index >= 15 is 0 Å². The molecule has 0 saturated carbocycles. The topological polar surface area (TPSA) is 19.4 Å². The van der Waals surface area contributed by atoms with E-state index in [2.05, 4.69) is 37.8 Å². The maximum absolute atomic E-state index is 13.3. The van der Waals surface area contributed by atoms with Gasteiger partial charge in [0.15, 0.2) is 0 Å². The number of rotatable bonds is 1. The minimum atomic E-state index is -0.229. The lowest BCUT2D eigenvalue weighted by atomic mass is 10.2. The molecule has 2 aliphatic rings. The highest BCUT2D eigenvalue weighted by molar-refractivity contribution is 9.10. The molecule has 3 rings (SSSR count). The van der Waals surface area contributed by atoms with Crippen molar-refractivity contribution in [2.75, 3.05) is 25.0 Å². The van der Waals surface area contributed by atoms with E-state index in [1.807, 2.05) is 0 Å². The number of anilines is 1. The number of likely N-dealkylation sites (N-methyl/N-ethyl adjacent to an activating group) is 1.